The first-order valence-electron chi connectivity index (χ1n) is 7.25. The number of aryl methyl sites for hydroxylation is 1. The number of carbonyl (C=O) groups is 1. The lowest BCUT2D eigenvalue weighted by Crippen LogP contribution is -2.14. The van der Waals surface area contributed by atoms with Crippen molar-refractivity contribution in [3.8, 4) is 5.75 Å². The summed E-state index contributed by atoms with van der Waals surface area (Å²) in [6.45, 7) is 0. The molecule has 0 aromatic heterocycles. The topological polar surface area (TPSA) is 69.4 Å². The third-order valence-electron chi connectivity index (χ3n) is 3.96. The molecule has 5 heteroatoms. The van der Waals surface area contributed by atoms with Crippen LogP contribution in [0, 0.1) is 10.1 Å². The Morgan fingerprint density at radius 2 is 1.87 bits per heavy atom. The minimum absolute atomic E-state index is 0.0106. The van der Waals surface area contributed by atoms with Gasteiger partial charge in [-0.15, -0.1) is 0 Å². The maximum atomic E-state index is 12.6. The normalized spacial score (nSPS) is 15.3. The van der Waals surface area contributed by atoms with E-state index in [1.807, 2.05) is 12.1 Å². The number of allylic oxidation sites excluding steroid dienone is 1. The van der Waals surface area contributed by atoms with Crippen LogP contribution in [0.25, 0.3) is 6.08 Å². The number of Topliss-reactive ketones (excluding diaryl/α,β-unsaturated/α-hetero) is 1. The Morgan fingerprint density at radius 1 is 1.13 bits per heavy atom. The summed E-state index contributed by atoms with van der Waals surface area (Å²) in [5.74, 6) is 0.650. The number of nitro groups is 1. The molecule has 0 N–H and O–H groups in total. The van der Waals surface area contributed by atoms with Crippen molar-refractivity contribution in [1.29, 1.82) is 0 Å². The largest absolute Gasteiger partial charge is 0.497 e. The van der Waals surface area contributed by atoms with E-state index in [-0.39, 0.29) is 11.5 Å². The Labute approximate surface area is 133 Å². The number of nitrogens with zero attached hydrogens (tertiary/aromatic N) is 1. The molecule has 1 aliphatic carbocycles. The van der Waals surface area contributed by atoms with Crippen LogP contribution in [-0.2, 0) is 6.42 Å². The quantitative estimate of drug-likeness (QED) is 0.491. The Kier molecular flexibility index (Phi) is 3.93. The molecule has 0 heterocycles. The van der Waals surface area contributed by atoms with Gasteiger partial charge in [-0.3, -0.25) is 14.9 Å². The van der Waals surface area contributed by atoms with Crippen molar-refractivity contribution in [2.45, 2.75) is 12.8 Å². The Bertz CT molecular complexity index is 806. The van der Waals surface area contributed by atoms with E-state index in [1.165, 1.54) is 12.1 Å². The first-order chi connectivity index (χ1) is 11.1. The molecule has 1 aliphatic rings. The van der Waals surface area contributed by atoms with Crippen LogP contribution in [0.3, 0.4) is 0 Å². The molecule has 0 radical (unpaired) electrons. The molecule has 0 saturated carbocycles. The van der Waals surface area contributed by atoms with Crippen molar-refractivity contribution in [3.63, 3.8) is 0 Å². The second-order valence-corrected chi connectivity index (χ2v) is 5.37. The summed E-state index contributed by atoms with van der Waals surface area (Å²) in [6.07, 6.45) is 3.26. The number of non-ortho nitro benzene ring substituents is 1. The van der Waals surface area contributed by atoms with Crippen LogP contribution < -0.4 is 4.74 Å². The zero-order chi connectivity index (χ0) is 16.4. The highest BCUT2D eigenvalue weighted by atomic mass is 16.6. The van der Waals surface area contributed by atoms with Gasteiger partial charge in [-0.2, -0.15) is 0 Å². The van der Waals surface area contributed by atoms with Gasteiger partial charge in [-0.25, -0.2) is 0 Å². The van der Waals surface area contributed by atoms with Gasteiger partial charge in [0.25, 0.3) is 5.69 Å². The molecular weight excluding hydrogens is 294 g/mol. The predicted molar refractivity (Wildman–Crippen MR) is 86.7 cm³/mol. The lowest BCUT2D eigenvalue weighted by molar-refractivity contribution is -0.384. The minimum atomic E-state index is -0.439. The second kappa shape index (κ2) is 6.04. The summed E-state index contributed by atoms with van der Waals surface area (Å²) in [4.78, 5) is 22.9. The fourth-order valence-corrected chi connectivity index (χ4v) is 2.70. The fraction of sp³-hybridized carbons (Fsp3) is 0.167. The highest BCUT2D eigenvalue weighted by molar-refractivity contribution is 6.13. The number of nitro benzene ring substituents is 1. The summed E-state index contributed by atoms with van der Waals surface area (Å²) in [7, 11) is 1.57. The molecule has 23 heavy (non-hydrogen) atoms. The highest BCUT2D eigenvalue weighted by Crippen LogP contribution is 2.29. The SMILES string of the molecule is COc1ccc2c(c1)C(=O)C(=Cc1ccc([N+](=O)[O-])cc1)CC2. The molecule has 0 atom stereocenters. The van der Waals surface area contributed by atoms with Gasteiger partial charge in [0, 0.05) is 23.3 Å². The molecule has 0 bridgehead atoms. The molecule has 5 nitrogen and oxygen atoms in total. The van der Waals surface area contributed by atoms with Gasteiger partial charge in [0.1, 0.15) is 5.75 Å². The molecule has 0 spiro atoms. The second-order valence-electron chi connectivity index (χ2n) is 5.37. The van der Waals surface area contributed by atoms with E-state index >= 15 is 0 Å². The first-order valence-corrected chi connectivity index (χ1v) is 7.25. The summed E-state index contributed by atoms with van der Waals surface area (Å²) in [5, 5.41) is 10.7. The summed E-state index contributed by atoms with van der Waals surface area (Å²) in [6, 6.07) is 11.7. The lowest BCUT2D eigenvalue weighted by atomic mass is 9.86. The molecule has 2 aromatic carbocycles. The fourth-order valence-electron chi connectivity index (χ4n) is 2.70. The molecule has 3 rings (SSSR count). The molecule has 0 saturated heterocycles. The van der Waals surface area contributed by atoms with Crippen molar-refractivity contribution in [3.05, 3.63) is 74.8 Å². The summed E-state index contributed by atoms with van der Waals surface area (Å²) < 4.78 is 5.18. The van der Waals surface area contributed by atoms with Crippen LogP contribution in [0.4, 0.5) is 5.69 Å². The monoisotopic (exact) mass is 309 g/mol. The van der Waals surface area contributed by atoms with E-state index in [2.05, 4.69) is 0 Å². The average Bonchev–Trinajstić information content (AvgIpc) is 2.57. The van der Waals surface area contributed by atoms with E-state index in [0.717, 1.165) is 17.5 Å². The molecule has 116 valence electrons. The zero-order valence-corrected chi connectivity index (χ0v) is 12.6. The number of ketones is 1. The molecule has 0 unspecified atom stereocenters. The van der Waals surface area contributed by atoms with Crippen molar-refractivity contribution in [2.24, 2.45) is 0 Å². The van der Waals surface area contributed by atoms with Crippen molar-refractivity contribution in [2.75, 3.05) is 7.11 Å². The average molecular weight is 309 g/mol. The number of rotatable bonds is 3. The van der Waals surface area contributed by atoms with Gasteiger partial charge in [0.05, 0.1) is 12.0 Å². The molecule has 0 fully saturated rings. The molecule has 0 amide bonds. The van der Waals surface area contributed by atoms with Gasteiger partial charge in [-0.05, 0) is 54.3 Å². The maximum Gasteiger partial charge on any atom is 0.269 e. The lowest BCUT2D eigenvalue weighted by Gasteiger charge is -2.18. The third-order valence-corrected chi connectivity index (χ3v) is 3.96. The number of hydrogen-bond donors (Lipinski definition) is 0. The standard InChI is InChI=1S/C18H15NO4/c1-23-16-9-6-13-4-5-14(18(20)17(13)11-16)10-12-2-7-15(8-3-12)19(21)22/h2-3,6-11H,4-5H2,1H3. The number of carbonyl (C=O) groups excluding carboxylic acids is 1. The number of hydrogen-bond acceptors (Lipinski definition) is 4. The molecular formula is C18H15NO4. The van der Waals surface area contributed by atoms with Crippen molar-refractivity contribution < 1.29 is 14.5 Å². The van der Waals surface area contributed by atoms with E-state index in [4.69, 9.17) is 4.74 Å². The number of methoxy groups -OCH3 is 1. The van der Waals surface area contributed by atoms with Crippen LogP contribution in [-0.4, -0.2) is 17.8 Å². The van der Waals surface area contributed by atoms with Crippen LogP contribution in [0.2, 0.25) is 0 Å². The summed E-state index contributed by atoms with van der Waals surface area (Å²) in [5.41, 5.74) is 3.22. The number of benzene rings is 2. The van der Waals surface area contributed by atoms with Gasteiger partial charge >= 0.3 is 0 Å². The molecule has 2 aromatic rings. The Balaban J connectivity index is 1.91. The molecule has 0 aliphatic heterocycles. The van der Waals surface area contributed by atoms with Crippen molar-refractivity contribution >= 4 is 17.5 Å². The van der Waals surface area contributed by atoms with E-state index in [0.29, 0.717) is 23.3 Å². The van der Waals surface area contributed by atoms with Gasteiger partial charge in [0.2, 0.25) is 0 Å². The smallest absolute Gasteiger partial charge is 0.269 e. The van der Waals surface area contributed by atoms with Gasteiger partial charge in [-0.1, -0.05) is 6.07 Å². The zero-order valence-electron chi connectivity index (χ0n) is 12.6. The maximum absolute atomic E-state index is 12.6. The number of fused-ring (bicyclic) bond motifs is 1. The van der Waals surface area contributed by atoms with E-state index in [1.54, 1.807) is 31.4 Å². The highest BCUT2D eigenvalue weighted by Gasteiger charge is 2.22. The third kappa shape index (κ3) is 2.99. The minimum Gasteiger partial charge on any atom is -0.497 e. The first kappa shape index (κ1) is 15.0. The number of ether oxygens (including phenoxy) is 1. The van der Waals surface area contributed by atoms with Crippen molar-refractivity contribution in [1.82, 2.24) is 0 Å². The Morgan fingerprint density at radius 3 is 2.52 bits per heavy atom. The van der Waals surface area contributed by atoms with E-state index < -0.39 is 4.92 Å². The van der Waals surface area contributed by atoms with Crippen LogP contribution in [0.15, 0.2) is 48.0 Å². The van der Waals surface area contributed by atoms with Gasteiger partial charge < -0.3 is 4.74 Å². The Hall–Kier alpha value is -2.95. The predicted octanol–water partition coefficient (Wildman–Crippen LogP) is 3.82. The van der Waals surface area contributed by atoms with Crippen LogP contribution in [0.1, 0.15) is 27.9 Å². The van der Waals surface area contributed by atoms with Gasteiger partial charge in [0.15, 0.2) is 5.78 Å². The summed E-state index contributed by atoms with van der Waals surface area (Å²) >= 11 is 0. The van der Waals surface area contributed by atoms with Crippen LogP contribution in [0.5, 0.6) is 5.75 Å². The van der Waals surface area contributed by atoms with E-state index in [9.17, 15) is 14.9 Å². The van der Waals surface area contributed by atoms with Crippen LogP contribution >= 0.6 is 0 Å².